The van der Waals surface area contributed by atoms with Crippen molar-refractivity contribution in [2.24, 2.45) is 0 Å². The fourth-order valence-electron chi connectivity index (χ4n) is 0.711. The van der Waals surface area contributed by atoms with Crippen molar-refractivity contribution in [3.8, 4) is 0 Å². The van der Waals surface area contributed by atoms with Crippen LogP contribution in [0, 0.1) is 0 Å². The second-order valence-corrected chi connectivity index (χ2v) is 1.94. The van der Waals surface area contributed by atoms with Crippen molar-refractivity contribution >= 4 is 0 Å². The van der Waals surface area contributed by atoms with E-state index in [2.05, 4.69) is 0 Å². The molecule has 2 nitrogen and oxygen atoms in total. The Bertz CT molecular complexity index is 144. The summed E-state index contributed by atoms with van der Waals surface area (Å²) in [5.41, 5.74) is 1.12. The summed E-state index contributed by atoms with van der Waals surface area (Å²) >= 11 is 0. The van der Waals surface area contributed by atoms with Gasteiger partial charge in [-0.3, -0.25) is 0 Å². The van der Waals surface area contributed by atoms with Crippen molar-refractivity contribution in [3.05, 3.63) is 24.2 Å². The largest absolute Gasteiger partial charge is 0.472 e. The molecule has 1 rings (SSSR count). The maximum Gasteiger partial charge on any atom is 0.0934 e. The molecule has 1 heterocycles. The molecule has 0 aliphatic rings. The van der Waals surface area contributed by atoms with Crippen LogP contribution < -0.4 is 0 Å². The average molecular weight is 125 g/mol. The van der Waals surface area contributed by atoms with Crippen LogP contribution in [-0.4, -0.2) is 6.61 Å². The highest BCUT2D eigenvalue weighted by Crippen LogP contribution is 2.02. The molecular formula is C7H9O2. The highest BCUT2D eigenvalue weighted by atomic mass is 16.3. The normalized spacial score (nSPS) is 9.89. The number of furan rings is 1. The van der Waals surface area contributed by atoms with Gasteiger partial charge >= 0.3 is 0 Å². The van der Waals surface area contributed by atoms with E-state index in [1.54, 1.807) is 12.5 Å². The summed E-state index contributed by atoms with van der Waals surface area (Å²) in [6.07, 6.45) is 4.86. The van der Waals surface area contributed by atoms with Gasteiger partial charge in [-0.2, -0.15) is 0 Å². The van der Waals surface area contributed by atoms with E-state index < -0.39 is 0 Å². The third kappa shape index (κ3) is 1.90. The monoisotopic (exact) mass is 125 g/mol. The van der Waals surface area contributed by atoms with Crippen molar-refractivity contribution in [3.63, 3.8) is 0 Å². The zero-order valence-corrected chi connectivity index (χ0v) is 5.17. The highest BCUT2D eigenvalue weighted by Gasteiger charge is 1.91. The van der Waals surface area contributed by atoms with Gasteiger partial charge in [0.2, 0.25) is 0 Å². The van der Waals surface area contributed by atoms with E-state index in [0.717, 1.165) is 12.0 Å². The Morgan fingerprint density at radius 1 is 1.56 bits per heavy atom. The third-order valence-electron chi connectivity index (χ3n) is 1.19. The van der Waals surface area contributed by atoms with E-state index in [9.17, 15) is 5.11 Å². The molecule has 0 spiro atoms. The molecule has 49 valence electrons. The van der Waals surface area contributed by atoms with Crippen LogP contribution >= 0.6 is 0 Å². The van der Waals surface area contributed by atoms with Crippen LogP contribution in [0.4, 0.5) is 0 Å². The van der Waals surface area contributed by atoms with Gasteiger partial charge in [0.05, 0.1) is 19.1 Å². The molecular weight excluding hydrogens is 116 g/mol. The molecule has 0 unspecified atom stereocenters. The van der Waals surface area contributed by atoms with Crippen LogP contribution in [0.1, 0.15) is 12.0 Å². The lowest BCUT2D eigenvalue weighted by molar-refractivity contribution is 0.189. The summed E-state index contributed by atoms with van der Waals surface area (Å²) in [7, 11) is 0. The molecule has 0 aliphatic carbocycles. The Balaban J connectivity index is 2.30. The Labute approximate surface area is 54.1 Å². The topological polar surface area (TPSA) is 33.0 Å². The molecule has 0 bridgehead atoms. The van der Waals surface area contributed by atoms with Crippen molar-refractivity contribution in [1.82, 2.24) is 0 Å². The zero-order valence-electron chi connectivity index (χ0n) is 5.17. The summed E-state index contributed by atoms with van der Waals surface area (Å²) in [5.74, 6) is 0. The standard InChI is InChI=1S/C7H9O2/c8-4-1-2-7-3-5-9-6-7/h3,5-6H,1-2,4H2. The molecule has 0 aromatic carbocycles. The molecule has 1 aromatic rings. The molecule has 1 aromatic heterocycles. The summed E-state index contributed by atoms with van der Waals surface area (Å²) in [4.78, 5) is 0. The minimum atomic E-state index is 0.00514. The van der Waals surface area contributed by atoms with Gasteiger partial charge in [-0.1, -0.05) is 0 Å². The van der Waals surface area contributed by atoms with E-state index in [0.29, 0.717) is 6.42 Å². The molecule has 1 radical (unpaired) electrons. The molecule has 0 saturated carbocycles. The fourth-order valence-corrected chi connectivity index (χ4v) is 0.711. The van der Waals surface area contributed by atoms with E-state index in [-0.39, 0.29) is 6.61 Å². The number of rotatable bonds is 3. The fraction of sp³-hybridized carbons (Fsp3) is 0.429. The molecule has 0 amide bonds. The summed E-state index contributed by atoms with van der Waals surface area (Å²) in [5, 5.41) is 9.99. The summed E-state index contributed by atoms with van der Waals surface area (Å²) in [6.45, 7) is 0.00514. The van der Waals surface area contributed by atoms with Crippen LogP contribution in [0.2, 0.25) is 0 Å². The van der Waals surface area contributed by atoms with Gasteiger partial charge in [-0.25, -0.2) is 5.11 Å². The zero-order chi connectivity index (χ0) is 6.53. The van der Waals surface area contributed by atoms with E-state index in [4.69, 9.17) is 4.42 Å². The number of hydrogen-bond acceptors (Lipinski definition) is 1. The molecule has 0 atom stereocenters. The number of aryl methyl sites for hydroxylation is 1. The SMILES string of the molecule is [O]CCCc1ccoc1. The van der Waals surface area contributed by atoms with Crippen LogP contribution in [0.15, 0.2) is 23.0 Å². The molecule has 0 N–H and O–H groups in total. The Morgan fingerprint density at radius 3 is 3.00 bits per heavy atom. The predicted octanol–water partition coefficient (Wildman–Crippen LogP) is 1.64. The van der Waals surface area contributed by atoms with Crippen molar-refractivity contribution < 1.29 is 9.52 Å². The van der Waals surface area contributed by atoms with Gasteiger partial charge < -0.3 is 4.42 Å². The molecule has 2 heteroatoms. The first kappa shape index (κ1) is 6.36. The summed E-state index contributed by atoms with van der Waals surface area (Å²) < 4.78 is 4.81. The predicted molar refractivity (Wildman–Crippen MR) is 32.6 cm³/mol. The van der Waals surface area contributed by atoms with Crippen molar-refractivity contribution in [1.29, 1.82) is 0 Å². The smallest absolute Gasteiger partial charge is 0.0934 e. The third-order valence-corrected chi connectivity index (χ3v) is 1.19. The lowest BCUT2D eigenvalue weighted by Crippen LogP contribution is -1.84. The molecule has 0 fully saturated rings. The maximum absolute atomic E-state index is 9.99. The second-order valence-electron chi connectivity index (χ2n) is 1.94. The van der Waals surface area contributed by atoms with Gasteiger partial charge in [0, 0.05) is 0 Å². The van der Waals surface area contributed by atoms with E-state index >= 15 is 0 Å². The average Bonchev–Trinajstić information content (AvgIpc) is 2.34. The first-order valence-corrected chi connectivity index (χ1v) is 3.02. The van der Waals surface area contributed by atoms with Crippen molar-refractivity contribution in [2.75, 3.05) is 6.61 Å². The van der Waals surface area contributed by atoms with Crippen LogP contribution in [-0.2, 0) is 11.5 Å². The van der Waals surface area contributed by atoms with Crippen LogP contribution in [0.5, 0.6) is 0 Å². The Hall–Kier alpha value is -0.760. The maximum atomic E-state index is 9.99. The Kier molecular flexibility index (Phi) is 2.33. The quantitative estimate of drug-likeness (QED) is 0.604. The van der Waals surface area contributed by atoms with E-state index in [1.807, 2.05) is 6.07 Å². The van der Waals surface area contributed by atoms with Gasteiger partial charge in [0.15, 0.2) is 0 Å². The second kappa shape index (κ2) is 3.30. The lowest BCUT2D eigenvalue weighted by Gasteiger charge is -1.87. The molecule has 0 saturated heterocycles. The van der Waals surface area contributed by atoms with Gasteiger partial charge in [0.1, 0.15) is 0 Å². The summed E-state index contributed by atoms with van der Waals surface area (Å²) in [6, 6.07) is 1.88. The van der Waals surface area contributed by atoms with Gasteiger partial charge in [-0.05, 0) is 24.5 Å². The molecule has 0 aliphatic heterocycles. The minimum absolute atomic E-state index is 0.00514. The highest BCUT2D eigenvalue weighted by molar-refractivity contribution is 5.04. The first-order chi connectivity index (χ1) is 4.43. The van der Waals surface area contributed by atoms with Gasteiger partial charge in [-0.15, -0.1) is 0 Å². The Morgan fingerprint density at radius 2 is 2.44 bits per heavy atom. The minimum Gasteiger partial charge on any atom is -0.472 e. The first-order valence-electron chi connectivity index (χ1n) is 3.02. The lowest BCUT2D eigenvalue weighted by atomic mass is 10.2. The van der Waals surface area contributed by atoms with Gasteiger partial charge in [0.25, 0.3) is 0 Å². The van der Waals surface area contributed by atoms with E-state index in [1.165, 1.54) is 0 Å². The number of hydrogen-bond donors (Lipinski definition) is 0. The van der Waals surface area contributed by atoms with Crippen LogP contribution in [0.25, 0.3) is 0 Å². The van der Waals surface area contributed by atoms with Crippen molar-refractivity contribution in [2.45, 2.75) is 12.8 Å². The van der Waals surface area contributed by atoms with Crippen LogP contribution in [0.3, 0.4) is 0 Å². The molecule has 9 heavy (non-hydrogen) atoms.